The monoisotopic (exact) mass is 295 g/mol. The SMILES string of the molecule is Cc1cnc(Cl)c(NC(=O)c2cnc(C)cc2Cl)c1. The van der Waals surface area contributed by atoms with Gasteiger partial charge in [0.15, 0.2) is 5.15 Å². The Morgan fingerprint density at radius 2 is 1.89 bits per heavy atom. The van der Waals surface area contributed by atoms with Gasteiger partial charge in [0.1, 0.15) is 0 Å². The number of pyridine rings is 2. The van der Waals surface area contributed by atoms with Crippen LogP contribution in [0.2, 0.25) is 10.2 Å². The van der Waals surface area contributed by atoms with Gasteiger partial charge in [0.05, 0.1) is 16.3 Å². The summed E-state index contributed by atoms with van der Waals surface area (Å²) in [7, 11) is 0. The molecule has 0 saturated heterocycles. The molecular formula is C13H11Cl2N3O. The lowest BCUT2D eigenvalue weighted by Crippen LogP contribution is -2.13. The first-order valence-electron chi connectivity index (χ1n) is 5.53. The molecular weight excluding hydrogens is 285 g/mol. The average Bonchev–Trinajstić information content (AvgIpc) is 2.33. The molecule has 0 bridgehead atoms. The van der Waals surface area contributed by atoms with E-state index in [4.69, 9.17) is 23.2 Å². The summed E-state index contributed by atoms with van der Waals surface area (Å²) in [5.74, 6) is -0.369. The molecule has 0 unspecified atom stereocenters. The second-order valence-electron chi connectivity index (χ2n) is 4.11. The fourth-order valence-corrected chi connectivity index (χ4v) is 1.97. The maximum atomic E-state index is 12.1. The predicted octanol–water partition coefficient (Wildman–Crippen LogP) is 3.65. The Balaban J connectivity index is 2.28. The van der Waals surface area contributed by atoms with Crippen LogP contribution >= 0.6 is 23.2 Å². The molecule has 0 aliphatic carbocycles. The predicted molar refractivity (Wildman–Crippen MR) is 75.9 cm³/mol. The number of nitrogens with one attached hydrogen (secondary N) is 1. The Labute approximate surface area is 120 Å². The van der Waals surface area contributed by atoms with Crippen molar-refractivity contribution in [3.8, 4) is 0 Å². The summed E-state index contributed by atoms with van der Waals surface area (Å²) in [6.07, 6.45) is 3.06. The zero-order chi connectivity index (χ0) is 14.0. The van der Waals surface area contributed by atoms with Crippen molar-refractivity contribution in [1.29, 1.82) is 0 Å². The van der Waals surface area contributed by atoms with Gasteiger partial charge in [-0.15, -0.1) is 0 Å². The number of nitrogens with zero attached hydrogens (tertiary/aromatic N) is 2. The minimum absolute atomic E-state index is 0.232. The Morgan fingerprint density at radius 1 is 1.16 bits per heavy atom. The molecule has 4 nitrogen and oxygen atoms in total. The van der Waals surface area contributed by atoms with Crippen LogP contribution in [0.4, 0.5) is 5.69 Å². The van der Waals surface area contributed by atoms with Gasteiger partial charge >= 0.3 is 0 Å². The molecule has 0 aromatic carbocycles. The minimum Gasteiger partial charge on any atom is -0.319 e. The molecule has 0 atom stereocenters. The highest BCUT2D eigenvalue weighted by Gasteiger charge is 2.13. The first-order chi connectivity index (χ1) is 8.97. The van der Waals surface area contributed by atoms with Gasteiger partial charge in [-0.25, -0.2) is 4.98 Å². The summed E-state index contributed by atoms with van der Waals surface area (Å²) in [5.41, 5.74) is 2.39. The lowest BCUT2D eigenvalue weighted by Gasteiger charge is -2.08. The fraction of sp³-hybridized carbons (Fsp3) is 0.154. The van der Waals surface area contributed by atoms with Crippen molar-refractivity contribution >= 4 is 34.8 Å². The van der Waals surface area contributed by atoms with Crippen LogP contribution in [0, 0.1) is 13.8 Å². The number of carbonyl (C=O) groups excluding carboxylic acids is 1. The van der Waals surface area contributed by atoms with E-state index in [1.807, 2.05) is 6.92 Å². The van der Waals surface area contributed by atoms with Crippen molar-refractivity contribution < 1.29 is 4.79 Å². The topological polar surface area (TPSA) is 54.9 Å². The van der Waals surface area contributed by atoms with Gasteiger partial charge in [-0.3, -0.25) is 9.78 Å². The summed E-state index contributed by atoms with van der Waals surface area (Å²) in [6.45, 7) is 3.66. The van der Waals surface area contributed by atoms with Gasteiger partial charge in [-0.05, 0) is 31.5 Å². The number of hydrogen-bond acceptors (Lipinski definition) is 3. The van der Waals surface area contributed by atoms with Crippen LogP contribution in [-0.2, 0) is 0 Å². The van der Waals surface area contributed by atoms with Crippen molar-refractivity contribution in [2.45, 2.75) is 13.8 Å². The summed E-state index contributed by atoms with van der Waals surface area (Å²) in [5, 5.41) is 3.25. The molecule has 98 valence electrons. The molecule has 2 aromatic rings. The smallest absolute Gasteiger partial charge is 0.258 e. The van der Waals surface area contributed by atoms with E-state index in [2.05, 4.69) is 15.3 Å². The molecule has 19 heavy (non-hydrogen) atoms. The Hall–Kier alpha value is -1.65. The standard InChI is InChI=1S/C13H11Cl2N3O/c1-7-3-11(12(15)17-5-7)18-13(19)9-6-16-8(2)4-10(9)14/h3-6H,1-2H3,(H,18,19). The molecule has 2 rings (SSSR count). The summed E-state index contributed by atoms with van der Waals surface area (Å²) in [6, 6.07) is 3.37. The van der Waals surface area contributed by atoms with Crippen molar-refractivity contribution in [3.05, 3.63) is 51.5 Å². The largest absolute Gasteiger partial charge is 0.319 e. The highest BCUT2D eigenvalue weighted by Crippen LogP contribution is 2.22. The number of amides is 1. The van der Waals surface area contributed by atoms with E-state index in [0.29, 0.717) is 16.3 Å². The second kappa shape index (κ2) is 5.55. The van der Waals surface area contributed by atoms with Gasteiger partial charge in [-0.1, -0.05) is 23.2 Å². The van der Waals surface area contributed by atoms with E-state index >= 15 is 0 Å². The van der Waals surface area contributed by atoms with Crippen LogP contribution in [0.15, 0.2) is 24.5 Å². The van der Waals surface area contributed by atoms with Crippen LogP contribution in [0.5, 0.6) is 0 Å². The van der Waals surface area contributed by atoms with E-state index < -0.39 is 0 Å². The van der Waals surface area contributed by atoms with E-state index in [9.17, 15) is 4.79 Å². The van der Waals surface area contributed by atoms with Crippen molar-refractivity contribution in [1.82, 2.24) is 9.97 Å². The quantitative estimate of drug-likeness (QED) is 0.861. The molecule has 6 heteroatoms. The molecule has 0 aliphatic rings. The summed E-state index contributed by atoms with van der Waals surface area (Å²) in [4.78, 5) is 20.1. The fourth-order valence-electron chi connectivity index (χ4n) is 1.52. The van der Waals surface area contributed by atoms with Crippen LogP contribution in [0.25, 0.3) is 0 Å². The lowest BCUT2D eigenvalue weighted by molar-refractivity contribution is 0.102. The highest BCUT2D eigenvalue weighted by molar-refractivity contribution is 6.35. The highest BCUT2D eigenvalue weighted by atomic mass is 35.5. The third kappa shape index (κ3) is 3.22. The average molecular weight is 296 g/mol. The number of aromatic nitrogens is 2. The Bertz CT molecular complexity index is 644. The number of hydrogen-bond donors (Lipinski definition) is 1. The van der Waals surface area contributed by atoms with Gasteiger partial charge in [-0.2, -0.15) is 0 Å². The van der Waals surface area contributed by atoms with Gasteiger partial charge in [0.2, 0.25) is 0 Å². The molecule has 0 radical (unpaired) electrons. The van der Waals surface area contributed by atoms with Gasteiger partial charge < -0.3 is 5.32 Å². The van der Waals surface area contributed by atoms with Crippen LogP contribution in [0.3, 0.4) is 0 Å². The van der Waals surface area contributed by atoms with Crippen molar-refractivity contribution in [2.24, 2.45) is 0 Å². The maximum Gasteiger partial charge on any atom is 0.258 e. The van der Waals surface area contributed by atoms with E-state index in [-0.39, 0.29) is 11.1 Å². The van der Waals surface area contributed by atoms with E-state index in [1.54, 1.807) is 25.3 Å². The van der Waals surface area contributed by atoms with Crippen LogP contribution in [0.1, 0.15) is 21.6 Å². The number of anilines is 1. The Kier molecular flexibility index (Phi) is 4.02. The molecule has 1 N–H and O–H groups in total. The van der Waals surface area contributed by atoms with Crippen LogP contribution in [-0.4, -0.2) is 15.9 Å². The number of halogens is 2. The number of rotatable bonds is 2. The second-order valence-corrected chi connectivity index (χ2v) is 4.88. The van der Waals surface area contributed by atoms with Crippen molar-refractivity contribution in [3.63, 3.8) is 0 Å². The molecule has 2 aromatic heterocycles. The molecule has 0 aliphatic heterocycles. The third-order valence-corrected chi connectivity index (χ3v) is 3.07. The Morgan fingerprint density at radius 3 is 2.58 bits per heavy atom. The zero-order valence-corrected chi connectivity index (χ0v) is 11.9. The van der Waals surface area contributed by atoms with Crippen molar-refractivity contribution in [2.75, 3.05) is 5.32 Å². The molecule has 0 spiro atoms. The van der Waals surface area contributed by atoms with E-state index in [1.165, 1.54) is 6.20 Å². The van der Waals surface area contributed by atoms with Gasteiger partial charge in [0.25, 0.3) is 5.91 Å². The zero-order valence-electron chi connectivity index (χ0n) is 10.4. The lowest BCUT2D eigenvalue weighted by atomic mass is 10.2. The van der Waals surface area contributed by atoms with Gasteiger partial charge in [0, 0.05) is 18.1 Å². The summed E-state index contributed by atoms with van der Waals surface area (Å²) < 4.78 is 0. The molecule has 0 fully saturated rings. The van der Waals surface area contributed by atoms with Crippen LogP contribution < -0.4 is 5.32 Å². The summed E-state index contributed by atoms with van der Waals surface area (Å²) >= 11 is 11.9. The normalized spacial score (nSPS) is 10.3. The number of aryl methyl sites for hydroxylation is 2. The molecule has 2 heterocycles. The molecule has 0 saturated carbocycles. The van der Waals surface area contributed by atoms with E-state index in [0.717, 1.165) is 11.3 Å². The number of carbonyl (C=O) groups is 1. The molecule has 1 amide bonds. The third-order valence-electron chi connectivity index (χ3n) is 2.46. The maximum absolute atomic E-state index is 12.1. The first kappa shape index (κ1) is 13.8. The minimum atomic E-state index is -0.369. The first-order valence-corrected chi connectivity index (χ1v) is 6.28.